The zero-order chi connectivity index (χ0) is 26.0. The highest BCUT2D eigenvalue weighted by Crippen LogP contribution is 2.26. The van der Waals surface area contributed by atoms with Gasteiger partial charge in [0.15, 0.2) is 0 Å². The number of ether oxygens (including phenoxy) is 2. The number of hydrogen-bond acceptors (Lipinski definition) is 7. The molecule has 2 heterocycles. The molecule has 1 atom stereocenters. The van der Waals surface area contributed by atoms with Crippen molar-refractivity contribution in [1.82, 2.24) is 9.97 Å². The minimum absolute atomic E-state index is 0.0735. The fourth-order valence-corrected chi connectivity index (χ4v) is 3.73. The molecule has 5 rings (SSSR count). The van der Waals surface area contributed by atoms with Crippen LogP contribution in [0.1, 0.15) is 32.8 Å². The quantitative estimate of drug-likeness (QED) is 0.403. The lowest BCUT2D eigenvalue weighted by Gasteiger charge is -2.16. The van der Waals surface area contributed by atoms with E-state index in [0.717, 1.165) is 33.6 Å². The van der Waals surface area contributed by atoms with Gasteiger partial charge in [0, 0.05) is 23.2 Å². The highest BCUT2D eigenvalue weighted by molar-refractivity contribution is 5.96. The third-order valence-electron chi connectivity index (χ3n) is 5.52. The molecule has 0 bridgehead atoms. The van der Waals surface area contributed by atoms with Gasteiger partial charge in [0.25, 0.3) is 6.02 Å². The molecule has 1 aliphatic heterocycles. The summed E-state index contributed by atoms with van der Waals surface area (Å²) < 4.78 is 24.9. The maximum Gasteiger partial charge on any atom is 0.289 e. The van der Waals surface area contributed by atoms with Gasteiger partial charge in [0.05, 0.1) is 18.0 Å². The third kappa shape index (κ3) is 6.85. The zero-order valence-corrected chi connectivity index (χ0v) is 21.2. The number of nitrogens with zero attached hydrogens (tertiary/aromatic N) is 3. The van der Waals surface area contributed by atoms with Crippen LogP contribution in [-0.4, -0.2) is 29.1 Å². The number of aliphatic imine (C=N–C) groups is 1. The molecule has 3 aromatic rings. The van der Waals surface area contributed by atoms with E-state index in [9.17, 15) is 4.39 Å². The summed E-state index contributed by atoms with van der Waals surface area (Å²) in [5.74, 6) is 7.46. The van der Waals surface area contributed by atoms with Gasteiger partial charge in [-0.15, -0.1) is 0 Å². The summed E-state index contributed by atoms with van der Waals surface area (Å²) in [5, 5.41) is 7.43. The Labute approximate surface area is 216 Å². The third-order valence-corrected chi connectivity index (χ3v) is 5.52. The second-order valence-electron chi connectivity index (χ2n) is 8.14. The standard InChI is InChI=1S/C27H24FN5O2.C2H6/c1-18-4-2-7-21(9-11-25(18)35-16-19-5-3-6-20(28)14-19)32-26-23-15-22(33-27-29-12-13-34-27)8-10-24(23)30-17-31-26;1-2/h3,5-6,8-11,14-15,17-18H,7,12-13,16H2,1H3,(H,29,33)(H,30,31,32);1-2H3/b21-9+,25-11+;. The van der Waals surface area contributed by atoms with Crippen molar-refractivity contribution < 1.29 is 13.9 Å². The van der Waals surface area contributed by atoms with Crippen molar-refractivity contribution >= 4 is 28.4 Å². The molecule has 2 aliphatic rings. The van der Waals surface area contributed by atoms with Crippen molar-refractivity contribution in [2.45, 2.75) is 33.8 Å². The summed E-state index contributed by atoms with van der Waals surface area (Å²) in [5.41, 5.74) is 3.28. The average Bonchev–Trinajstić information content (AvgIpc) is 3.42. The second kappa shape index (κ2) is 12.5. The first-order valence-electron chi connectivity index (χ1n) is 12.4. The maximum absolute atomic E-state index is 13.5. The van der Waals surface area contributed by atoms with Gasteiger partial charge in [-0.1, -0.05) is 37.8 Å². The fourth-order valence-electron chi connectivity index (χ4n) is 3.73. The van der Waals surface area contributed by atoms with E-state index >= 15 is 0 Å². The minimum Gasteiger partial charge on any atom is -0.492 e. The molecule has 8 heteroatoms. The number of hydrogen-bond donors (Lipinski definition) is 2. The molecule has 37 heavy (non-hydrogen) atoms. The van der Waals surface area contributed by atoms with Gasteiger partial charge in [0.2, 0.25) is 0 Å². The summed E-state index contributed by atoms with van der Waals surface area (Å²) in [6, 6.07) is 12.7. The van der Waals surface area contributed by atoms with Crippen LogP contribution >= 0.6 is 0 Å². The summed E-state index contributed by atoms with van der Waals surface area (Å²) in [6.07, 6.45) is 5.92. The molecule has 2 N–H and O–H groups in total. The van der Waals surface area contributed by atoms with Crippen molar-refractivity contribution in [3.8, 4) is 11.8 Å². The van der Waals surface area contributed by atoms with Gasteiger partial charge < -0.3 is 20.1 Å². The Hall–Kier alpha value is -4.38. The number of halogens is 1. The van der Waals surface area contributed by atoms with E-state index in [1.54, 1.807) is 6.07 Å². The first-order valence-corrected chi connectivity index (χ1v) is 12.4. The van der Waals surface area contributed by atoms with Crippen molar-refractivity contribution in [2.75, 3.05) is 23.8 Å². The van der Waals surface area contributed by atoms with E-state index in [1.807, 2.05) is 57.2 Å². The number of benzene rings is 2. The van der Waals surface area contributed by atoms with Crippen LogP contribution in [0.5, 0.6) is 0 Å². The highest BCUT2D eigenvalue weighted by Gasteiger charge is 2.13. The summed E-state index contributed by atoms with van der Waals surface area (Å²) in [4.78, 5) is 13.1. The molecule has 0 saturated heterocycles. The normalized spacial score (nSPS) is 19.1. The molecular weight excluding hydrogens is 469 g/mol. The number of allylic oxidation sites excluding steroid dienone is 4. The van der Waals surface area contributed by atoms with Crippen LogP contribution in [0, 0.1) is 23.6 Å². The molecule has 1 aliphatic carbocycles. The molecule has 2 aromatic carbocycles. The number of nitrogens with one attached hydrogen (secondary N) is 2. The van der Waals surface area contributed by atoms with Crippen LogP contribution < -0.4 is 10.6 Å². The van der Waals surface area contributed by atoms with Crippen LogP contribution in [0.15, 0.2) is 77.4 Å². The first-order chi connectivity index (χ1) is 18.1. The molecule has 1 aromatic heterocycles. The van der Waals surface area contributed by atoms with E-state index in [-0.39, 0.29) is 18.3 Å². The van der Waals surface area contributed by atoms with E-state index in [0.29, 0.717) is 31.4 Å². The molecule has 7 nitrogen and oxygen atoms in total. The van der Waals surface area contributed by atoms with Gasteiger partial charge in [0.1, 0.15) is 36.9 Å². The summed E-state index contributed by atoms with van der Waals surface area (Å²) >= 11 is 0. The Bertz CT molecular complexity index is 1400. The lowest BCUT2D eigenvalue weighted by Crippen LogP contribution is -2.11. The molecule has 0 fully saturated rings. The molecule has 1 unspecified atom stereocenters. The smallest absolute Gasteiger partial charge is 0.289 e. The van der Waals surface area contributed by atoms with Crippen molar-refractivity contribution in [2.24, 2.45) is 10.9 Å². The van der Waals surface area contributed by atoms with Crippen molar-refractivity contribution in [3.63, 3.8) is 0 Å². The van der Waals surface area contributed by atoms with Crippen LogP contribution in [0.25, 0.3) is 10.9 Å². The van der Waals surface area contributed by atoms with E-state index in [2.05, 4.69) is 37.4 Å². The summed E-state index contributed by atoms with van der Waals surface area (Å²) in [7, 11) is 0. The molecular formula is C29H30FN5O2. The van der Waals surface area contributed by atoms with Gasteiger partial charge in [-0.25, -0.2) is 19.4 Å². The van der Waals surface area contributed by atoms with Gasteiger partial charge in [-0.2, -0.15) is 0 Å². The second-order valence-corrected chi connectivity index (χ2v) is 8.14. The van der Waals surface area contributed by atoms with E-state index < -0.39 is 0 Å². The van der Waals surface area contributed by atoms with Gasteiger partial charge in [-0.3, -0.25) is 0 Å². The molecule has 0 amide bonds. The Morgan fingerprint density at radius 1 is 1.11 bits per heavy atom. The van der Waals surface area contributed by atoms with E-state index in [4.69, 9.17) is 9.47 Å². The Morgan fingerprint density at radius 2 is 2.00 bits per heavy atom. The van der Waals surface area contributed by atoms with Gasteiger partial charge >= 0.3 is 0 Å². The highest BCUT2D eigenvalue weighted by atomic mass is 19.1. The van der Waals surface area contributed by atoms with Crippen molar-refractivity contribution in [3.05, 3.63) is 83.8 Å². The van der Waals surface area contributed by atoms with Crippen LogP contribution in [0.3, 0.4) is 0 Å². The Morgan fingerprint density at radius 3 is 2.81 bits per heavy atom. The Balaban J connectivity index is 0.00000156. The largest absolute Gasteiger partial charge is 0.492 e. The predicted molar refractivity (Wildman–Crippen MR) is 145 cm³/mol. The van der Waals surface area contributed by atoms with Gasteiger partial charge in [-0.05, 0) is 55.0 Å². The lowest BCUT2D eigenvalue weighted by atomic mass is 10.1. The monoisotopic (exact) mass is 499 g/mol. The molecule has 0 radical (unpaired) electrons. The number of rotatable bonds is 6. The number of aromatic nitrogens is 2. The topological polar surface area (TPSA) is 80.7 Å². The molecule has 190 valence electrons. The first kappa shape index (κ1) is 25.7. The van der Waals surface area contributed by atoms with Crippen molar-refractivity contribution in [1.29, 1.82) is 0 Å². The number of fused-ring (bicyclic) bond motifs is 1. The predicted octanol–water partition coefficient (Wildman–Crippen LogP) is 6.03. The fraction of sp³-hybridized carbons (Fsp3) is 0.276. The SMILES string of the molecule is CC.CC1C#CC/C(Nc2ncnc3ccc(NC4=NCCO4)cc23)=C\C=C/1OCc1cccc(F)c1. The number of amidine groups is 1. The van der Waals surface area contributed by atoms with Crippen LogP contribution in [0.2, 0.25) is 0 Å². The van der Waals surface area contributed by atoms with E-state index in [1.165, 1.54) is 18.5 Å². The zero-order valence-electron chi connectivity index (χ0n) is 21.2. The molecule has 0 spiro atoms. The lowest BCUT2D eigenvalue weighted by molar-refractivity contribution is 0.179. The number of anilines is 2. The molecule has 0 saturated carbocycles. The van der Waals surface area contributed by atoms with Crippen LogP contribution in [0.4, 0.5) is 15.9 Å². The average molecular weight is 500 g/mol. The maximum atomic E-state index is 13.5. The Kier molecular flexibility index (Phi) is 8.71. The minimum atomic E-state index is -0.281. The summed E-state index contributed by atoms with van der Waals surface area (Å²) in [6.45, 7) is 7.50. The van der Waals surface area contributed by atoms with Crippen LogP contribution in [-0.2, 0) is 16.1 Å².